The Morgan fingerprint density at radius 2 is 1.86 bits per heavy atom. The van der Waals surface area contributed by atoms with Crippen LogP contribution in [0.15, 0.2) is 24.3 Å². The molecule has 1 aromatic rings. The highest BCUT2D eigenvalue weighted by molar-refractivity contribution is 6.03. The number of hydrogen-bond donors (Lipinski definition) is 1. The first-order valence-corrected chi connectivity index (χ1v) is 7.61. The predicted octanol–water partition coefficient (Wildman–Crippen LogP) is 1.30. The Morgan fingerprint density at radius 1 is 1.14 bits per heavy atom. The molecule has 1 N–H and O–H groups in total. The molecule has 2 heterocycles. The molecule has 3 rings (SSSR count). The molecule has 1 atom stereocenters. The Kier molecular flexibility index (Phi) is 3.83. The molecule has 0 aliphatic carbocycles. The van der Waals surface area contributed by atoms with E-state index in [2.05, 4.69) is 12.2 Å². The average molecular weight is 301 g/mol. The van der Waals surface area contributed by atoms with Crippen molar-refractivity contribution in [2.75, 3.05) is 18.0 Å². The Morgan fingerprint density at radius 3 is 2.50 bits per heavy atom. The third-order valence-corrected chi connectivity index (χ3v) is 4.28. The number of carbonyl (C=O) groups excluding carboxylic acids is 3. The first-order chi connectivity index (χ1) is 10.6. The molecule has 6 heteroatoms. The van der Waals surface area contributed by atoms with E-state index in [4.69, 9.17) is 0 Å². The Bertz CT molecular complexity index is 612. The van der Waals surface area contributed by atoms with Crippen LogP contribution in [0.25, 0.3) is 0 Å². The molecule has 1 unspecified atom stereocenters. The highest BCUT2D eigenvalue weighted by Crippen LogP contribution is 2.24. The summed E-state index contributed by atoms with van der Waals surface area (Å²) in [6.07, 6.45) is 1.64. The summed E-state index contributed by atoms with van der Waals surface area (Å²) >= 11 is 0. The zero-order valence-electron chi connectivity index (χ0n) is 12.5. The van der Waals surface area contributed by atoms with Gasteiger partial charge in [-0.05, 0) is 30.5 Å². The van der Waals surface area contributed by atoms with Gasteiger partial charge in [0.2, 0.25) is 11.8 Å². The molecule has 4 amide bonds. The zero-order valence-corrected chi connectivity index (χ0v) is 12.5. The molecule has 0 bridgehead atoms. The lowest BCUT2D eigenvalue weighted by atomic mass is 10.1. The van der Waals surface area contributed by atoms with E-state index in [1.165, 1.54) is 5.56 Å². The van der Waals surface area contributed by atoms with Gasteiger partial charge in [-0.2, -0.15) is 0 Å². The lowest BCUT2D eigenvalue weighted by Gasteiger charge is -2.29. The van der Waals surface area contributed by atoms with Gasteiger partial charge in [-0.25, -0.2) is 4.79 Å². The molecule has 22 heavy (non-hydrogen) atoms. The quantitative estimate of drug-likeness (QED) is 0.855. The summed E-state index contributed by atoms with van der Waals surface area (Å²) in [6, 6.07) is 7.19. The molecule has 0 saturated carbocycles. The van der Waals surface area contributed by atoms with Crippen LogP contribution in [0.5, 0.6) is 0 Å². The maximum absolute atomic E-state index is 12.6. The van der Waals surface area contributed by atoms with Gasteiger partial charge in [0.1, 0.15) is 6.04 Å². The third kappa shape index (κ3) is 2.56. The van der Waals surface area contributed by atoms with Crippen molar-refractivity contribution in [2.45, 2.75) is 32.2 Å². The number of nitrogens with zero attached hydrogens (tertiary/aromatic N) is 2. The molecule has 0 radical (unpaired) electrons. The second kappa shape index (κ2) is 5.79. The number of rotatable bonds is 3. The van der Waals surface area contributed by atoms with E-state index < -0.39 is 6.04 Å². The second-order valence-electron chi connectivity index (χ2n) is 5.61. The maximum atomic E-state index is 12.6. The predicted molar refractivity (Wildman–Crippen MR) is 81.4 cm³/mol. The lowest BCUT2D eigenvalue weighted by molar-refractivity contribution is -0.136. The van der Waals surface area contributed by atoms with E-state index in [-0.39, 0.29) is 24.3 Å². The van der Waals surface area contributed by atoms with Crippen molar-refractivity contribution < 1.29 is 14.4 Å². The van der Waals surface area contributed by atoms with E-state index in [9.17, 15) is 14.4 Å². The van der Waals surface area contributed by atoms with Crippen LogP contribution in [-0.4, -0.2) is 41.9 Å². The number of piperidine rings is 1. The lowest BCUT2D eigenvalue weighted by Crippen LogP contribution is -2.53. The molecule has 2 saturated heterocycles. The first kappa shape index (κ1) is 14.6. The summed E-state index contributed by atoms with van der Waals surface area (Å²) in [6.45, 7) is 3.14. The topological polar surface area (TPSA) is 69.7 Å². The number of anilines is 1. The van der Waals surface area contributed by atoms with E-state index in [1.807, 2.05) is 24.3 Å². The van der Waals surface area contributed by atoms with Crippen molar-refractivity contribution in [3.05, 3.63) is 29.8 Å². The molecule has 6 nitrogen and oxygen atoms in total. The number of amides is 4. The van der Waals surface area contributed by atoms with E-state index in [1.54, 1.807) is 9.80 Å². The van der Waals surface area contributed by atoms with Gasteiger partial charge in [0, 0.05) is 25.2 Å². The largest absolute Gasteiger partial charge is 0.325 e. The normalized spacial score (nSPS) is 22.2. The molecule has 1 aromatic carbocycles. The van der Waals surface area contributed by atoms with E-state index >= 15 is 0 Å². The average Bonchev–Trinajstić information content (AvgIpc) is 2.89. The molecule has 2 aliphatic heterocycles. The molecule has 2 aliphatic rings. The van der Waals surface area contributed by atoms with Gasteiger partial charge in [-0.3, -0.25) is 19.8 Å². The highest BCUT2D eigenvalue weighted by Gasteiger charge is 2.40. The van der Waals surface area contributed by atoms with Crippen LogP contribution in [0.3, 0.4) is 0 Å². The zero-order chi connectivity index (χ0) is 15.7. The Hall–Kier alpha value is -2.37. The number of benzene rings is 1. The van der Waals surface area contributed by atoms with Crippen LogP contribution >= 0.6 is 0 Å². The van der Waals surface area contributed by atoms with Gasteiger partial charge in [0.05, 0.1) is 0 Å². The molecular weight excluding hydrogens is 282 g/mol. The molecule has 0 spiro atoms. The minimum atomic E-state index is -0.537. The fourth-order valence-corrected chi connectivity index (χ4v) is 2.97. The fourth-order valence-electron chi connectivity index (χ4n) is 2.97. The third-order valence-electron chi connectivity index (χ3n) is 4.28. The van der Waals surface area contributed by atoms with Crippen LogP contribution in [0, 0.1) is 0 Å². The van der Waals surface area contributed by atoms with Crippen LogP contribution < -0.4 is 10.2 Å². The summed E-state index contributed by atoms with van der Waals surface area (Å²) in [5, 5.41) is 2.31. The van der Waals surface area contributed by atoms with E-state index in [0.29, 0.717) is 19.5 Å². The summed E-state index contributed by atoms with van der Waals surface area (Å²) in [5.74, 6) is -0.632. The number of aryl methyl sites for hydroxylation is 1. The maximum Gasteiger partial charge on any atom is 0.325 e. The number of carbonyl (C=O) groups is 3. The smallest absolute Gasteiger partial charge is 0.311 e. The second-order valence-corrected chi connectivity index (χ2v) is 5.61. The molecule has 116 valence electrons. The van der Waals surface area contributed by atoms with Gasteiger partial charge < -0.3 is 4.90 Å². The molecule has 0 aromatic heterocycles. The van der Waals surface area contributed by atoms with Crippen LogP contribution in [0.2, 0.25) is 0 Å². The summed E-state index contributed by atoms with van der Waals surface area (Å²) in [5.41, 5.74) is 2.06. The van der Waals surface area contributed by atoms with Crippen molar-refractivity contribution in [3.8, 4) is 0 Å². The summed E-state index contributed by atoms with van der Waals surface area (Å²) < 4.78 is 0. The fraction of sp³-hybridized carbons (Fsp3) is 0.438. The van der Waals surface area contributed by atoms with Crippen molar-refractivity contribution in [3.63, 3.8) is 0 Å². The van der Waals surface area contributed by atoms with Crippen molar-refractivity contribution >= 4 is 23.5 Å². The van der Waals surface area contributed by atoms with Crippen LogP contribution in [-0.2, 0) is 16.0 Å². The van der Waals surface area contributed by atoms with Gasteiger partial charge in [-0.15, -0.1) is 0 Å². The molecular formula is C16H19N3O3. The summed E-state index contributed by atoms with van der Waals surface area (Å²) in [4.78, 5) is 39.0. The Balaban J connectivity index is 1.74. The van der Waals surface area contributed by atoms with Gasteiger partial charge in [0.15, 0.2) is 0 Å². The number of urea groups is 1. The number of imide groups is 1. The monoisotopic (exact) mass is 301 g/mol. The standard InChI is InChI=1S/C16H19N3O3/c1-2-11-3-5-12(6-4-11)18-9-10-19(16(18)22)13-7-8-14(20)17-15(13)21/h3-6,13H,2,7-10H2,1H3,(H,17,20,21). The van der Waals surface area contributed by atoms with Crippen molar-refractivity contribution in [1.82, 2.24) is 10.2 Å². The first-order valence-electron chi connectivity index (χ1n) is 7.61. The summed E-state index contributed by atoms with van der Waals surface area (Å²) in [7, 11) is 0. The Labute approximate surface area is 129 Å². The highest BCUT2D eigenvalue weighted by atomic mass is 16.2. The van der Waals surface area contributed by atoms with Gasteiger partial charge >= 0.3 is 6.03 Å². The minimum Gasteiger partial charge on any atom is -0.311 e. The van der Waals surface area contributed by atoms with E-state index in [0.717, 1.165) is 12.1 Å². The van der Waals surface area contributed by atoms with Crippen molar-refractivity contribution in [2.24, 2.45) is 0 Å². The SMILES string of the molecule is CCc1ccc(N2CCN(C3CCC(=O)NC3=O)C2=O)cc1. The van der Waals surface area contributed by atoms with Crippen LogP contribution in [0.1, 0.15) is 25.3 Å². The van der Waals surface area contributed by atoms with Crippen molar-refractivity contribution in [1.29, 1.82) is 0 Å². The number of hydrogen-bond acceptors (Lipinski definition) is 3. The minimum absolute atomic E-state index is 0.168. The van der Waals surface area contributed by atoms with Gasteiger partial charge in [0.25, 0.3) is 0 Å². The molecule has 2 fully saturated rings. The van der Waals surface area contributed by atoms with Crippen LogP contribution in [0.4, 0.5) is 10.5 Å². The number of nitrogens with one attached hydrogen (secondary N) is 1. The van der Waals surface area contributed by atoms with Gasteiger partial charge in [-0.1, -0.05) is 19.1 Å².